The van der Waals surface area contributed by atoms with Gasteiger partial charge >= 0.3 is 0 Å². The molecule has 0 bridgehead atoms. The van der Waals surface area contributed by atoms with Crippen molar-refractivity contribution < 1.29 is 0 Å². The molecule has 0 radical (unpaired) electrons. The fourth-order valence-corrected chi connectivity index (χ4v) is 4.21. The lowest BCUT2D eigenvalue weighted by Gasteiger charge is -2.47. The standard InChI is InChI=1S/C16H32N2/c1-4-16(3,18-10-5-6-11-18)15(17)14-9-7-8-13(2)12-14/h13-15H,4-12,17H2,1-3H3. The molecule has 2 fully saturated rings. The molecule has 106 valence electrons. The van der Waals surface area contributed by atoms with Gasteiger partial charge in [0.05, 0.1) is 0 Å². The highest BCUT2D eigenvalue weighted by Crippen LogP contribution is 2.37. The molecule has 0 amide bonds. The van der Waals surface area contributed by atoms with Crippen LogP contribution >= 0.6 is 0 Å². The topological polar surface area (TPSA) is 29.3 Å². The van der Waals surface area contributed by atoms with Crippen molar-refractivity contribution in [2.75, 3.05) is 13.1 Å². The van der Waals surface area contributed by atoms with Gasteiger partial charge in [0.15, 0.2) is 0 Å². The van der Waals surface area contributed by atoms with Crippen molar-refractivity contribution in [2.24, 2.45) is 17.6 Å². The van der Waals surface area contributed by atoms with E-state index in [1.54, 1.807) is 0 Å². The summed E-state index contributed by atoms with van der Waals surface area (Å²) in [5.41, 5.74) is 6.97. The van der Waals surface area contributed by atoms with Crippen LogP contribution in [0.4, 0.5) is 0 Å². The van der Waals surface area contributed by atoms with Crippen LogP contribution in [-0.4, -0.2) is 29.6 Å². The van der Waals surface area contributed by atoms with E-state index in [0.29, 0.717) is 6.04 Å². The third-order valence-electron chi connectivity index (χ3n) is 5.75. The maximum atomic E-state index is 6.74. The van der Waals surface area contributed by atoms with Crippen molar-refractivity contribution in [3.8, 4) is 0 Å². The van der Waals surface area contributed by atoms with Gasteiger partial charge in [0.1, 0.15) is 0 Å². The van der Waals surface area contributed by atoms with Gasteiger partial charge in [0, 0.05) is 11.6 Å². The molecular formula is C16H32N2. The highest BCUT2D eigenvalue weighted by molar-refractivity contribution is 5.00. The minimum Gasteiger partial charge on any atom is -0.326 e. The third kappa shape index (κ3) is 2.75. The number of nitrogens with zero attached hydrogens (tertiary/aromatic N) is 1. The summed E-state index contributed by atoms with van der Waals surface area (Å²) in [6, 6.07) is 0.364. The van der Waals surface area contributed by atoms with E-state index in [1.165, 1.54) is 58.0 Å². The summed E-state index contributed by atoms with van der Waals surface area (Å²) < 4.78 is 0. The van der Waals surface area contributed by atoms with Crippen molar-refractivity contribution in [3.05, 3.63) is 0 Å². The van der Waals surface area contributed by atoms with Gasteiger partial charge < -0.3 is 5.73 Å². The summed E-state index contributed by atoms with van der Waals surface area (Å²) in [6.45, 7) is 9.67. The SMILES string of the molecule is CCC(C)(C(N)C1CCCC(C)C1)N1CCCC1. The van der Waals surface area contributed by atoms with Crippen molar-refractivity contribution in [2.45, 2.75) is 77.3 Å². The quantitative estimate of drug-likeness (QED) is 0.831. The molecule has 1 saturated carbocycles. The summed E-state index contributed by atoms with van der Waals surface area (Å²) in [5.74, 6) is 1.63. The molecule has 2 rings (SSSR count). The smallest absolute Gasteiger partial charge is 0.0332 e. The van der Waals surface area contributed by atoms with Gasteiger partial charge in [-0.1, -0.05) is 26.7 Å². The Hall–Kier alpha value is -0.0800. The molecule has 1 saturated heterocycles. The Morgan fingerprint density at radius 2 is 1.89 bits per heavy atom. The van der Waals surface area contributed by atoms with Crippen LogP contribution in [0.5, 0.6) is 0 Å². The van der Waals surface area contributed by atoms with E-state index in [1.807, 2.05) is 0 Å². The van der Waals surface area contributed by atoms with Crippen LogP contribution in [-0.2, 0) is 0 Å². The average molecular weight is 252 g/mol. The van der Waals surface area contributed by atoms with Gasteiger partial charge in [0.25, 0.3) is 0 Å². The van der Waals surface area contributed by atoms with E-state index in [0.717, 1.165) is 11.8 Å². The largest absolute Gasteiger partial charge is 0.326 e. The lowest BCUT2D eigenvalue weighted by Crippen LogP contribution is -2.60. The zero-order valence-corrected chi connectivity index (χ0v) is 12.6. The molecule has 4 unspecified atom stereocenters. The van der Waals surface area contributed by atoms with Crippen molar-refractivity contribution in [3.63, 3.8) is 0 Å². The number of hydrogen-bond donors (Lipinski definition) is 1. The minimum atomic E-state index is 0.234. The lowest BCUT2D eigenvalue weighted by molar-refractivity contribution is 0.0592. The van der Waals surface area contributed by atoms with Gasteiger partial charge in [-0.25, -0.2) is 0 Å². The van der Waals surface area contributed by atoms with Crippen LogP contribution in [0.1, 0.15) is 65.7 Å². The maximum absolute atomic E-state index is 6.74. The van der Waals surface area contributed by atoms with Crippen LogP contribution < -0.4 is 5.73 Å². The van der Waals surface area contributed by atoms with E-state index < -0.39 is 0 Å². The van der Waals surface area contributed by atoms with E-state index in [2.05, 4.69) is 25.7 Å². The molecule has 0 spiro atoms. The first-order valence-corrected chi connectivity index (χ1v) is 8.08. The summed E-state index contributed by atoms with van der Waals surface area (Å²) >= 11 is 0. The summed E-state index contributed by atoms with van der Waals surface area (Å²) in [5, 5.41) is 0. The predicted molar refractivity (Wildman–Crippen MR) is 78.6 cm³/mol. The first-order valence-electron chi connectivity index (χ1n) is 8.08. The summed E-state index contributed by atoms with van der Waals surface area (Å²) in [6.07, 6.45) is 9.43. The molecule has 0 aromatic rings. The predicted octanol–water partition coefficient (Wildman–Crippen LogP) is 3.40. The van der Waals surface area contributed by atoms with Crippen LogP contribution in [0.15, 0.2) is 0 Å². The molecule has 1 aliphatic carbocycles. The molecule has 0 aromatic heterocycles. The minimum absolute atomic E-state index is 0.234. The first kappa shape index (κ1) is 14.3. The second-order valence-corrected chi connectivity index (χ2v) is 6.96. The second-order valence-electron chi connectivity index (χ2n) is 6.96. The lowest BCUT2D eigenvalue weighted by atomic mass is 9.71. The Labute approximate surface area is 113 Å². The van der Waals surface area contributed by atoms with Crippen LogP contribution in [0.3, 0.4) is 0 Å². The maximum Gasteiger partial charge on any atom is 0.0332 e. The van der Waals surface area contributed by atoms with Gasteiger partial charge in [-0.2, -0.15) is 0 Å². The number of nitrogens with two attached hydrogens (primary N) is 1. The molecule has 2 heteroatoms. The highest BCUT2D eigenvalue weighted by Gasteiger charge is 2.41. The molecule has 4 atom stereocenters. The Bertz CT molecular complexity index is 260. The zero-order valence-electron chi connectivity index (χ0n) is 12.6. The van der Waals surface area contributed by atoms with Crippen molar-refractivity contribution in [1.82, 2.24) is 4.90 Å². The molecule has 2 N–H and O–H groups in total. The van der Waals surface area contributed by atoms with Crippen molar-refractivity contribution >= 4 is 0 Å². The average Bonchev–Trinajstić information content (AvgIpc) is 2.91. The Morgan fingerprint density at radius 3 is 2.44 bits per heavy atom. The van der Waals surface area contributed by atoms with Crippen LogP contribution in [0.25, 0.3) is 0 Å². The molecule has 0 aromatic carbocycles. The van der Waals surface area contributed by atoms with E-state index in [-0.39, 0.29) is 5.54 Å². The fourth-order valence-electron chi connectivity index (χ4n) is 4.21. The summed E-state index contributed by atoms with van der Waals surface area (Å²) in [4.78, 5) is 2.68. The second kappa shape index (κ2) is 5.92. The molecule has 1 heterocycles. The van der Waals surface area contributed by atoms with E-state index in [9.17, 15) is 0 Å². The monoisotopic (exact) mass is 252 g/mol. The van der Waals surface area contributed by atoms with Gasteiger partial charge in [-0.15, -0.1) is 0 Å². The molecule has 2 aliphatic rings. The number of likely N-dealkylation sites (tertiary alicyclic amines) is 1. The molecular weight excluding hydrogens is 220 g/mol. The Kier molecular flexibility index (Phi) is 4.71. The first-order chi connectivity index (χ1) is 8.58. The highest BCUT2D eigenvalue weighted by atomic mass is 15.2. The molecule has 2 nitrogen and oxygen atoms in total. The fraction of sp³-hybridized carbons (Fsp3) is 1.00. The van der Waals surface area contributed by atoms with E-state index >= 15 is 0 Å². The Morgan fingerprint density at radius 1 is 1.22 bits per heavy atom. The van der Waals surface area contributed by atoms with Crippen LogP contribution in [0, 0.1) is 11.8 Å². The zero-order chi connectivity index (χ0) is 13.2. The summed E-state index contributed by atoms with van der Waals surface area (Å²) in [7, 11) is 0. The number of hydrogen-bond acceptors (Lipinski definition) is 2. The van der Waals surface area contributed by atoms with Gasteiger partial charge in [0.2, 0.25) is 0 Å². The normalized spacial score (nSPS) is 35.3. The van der Waals surface area contributed by atoms with Gasteiger partial charge in [-0.05, 0) is 64.0 Å². The molecule has 18 heavy (non-hydrogen) atoms. The Balaban J connectivity index is 2.05. The number of rotatable bonds is 4. The van der Waals surface area contributed by atoms with Crippen LogP contribution in [0.2, 0.25) is 0 Å². The van der Waals surface area contributed by atoms with Crippen molar-refractivity contribution in [1.29, 1.82) is 0 Å². The van der Waals surface area contributed by atoms with Gasteiger partial charge in [-0.3, -0.25) is 4.90 Å². The third-order valence-corrected chi connectivity index (χ3v) is 5.75. The van der Waals surface area contributed by atoms with E-state index in [4.69, 9.17) is 5.73 Å². The molecule has 1 aliphatic heterocycles.